The van der Waals surface area contributed by atoms with Crippen molar-refractivity contribution in [2.75, 3.05) is 17.2 Å². The summed E-state index contributed by atoms with van der Waals surface area (Å²) < 4.78 is 5.51. The maximum Gasteiger partial charge on any atom is 0.329 e. The number of ether oxygens (including phenoxy) is 1. The highest BCUT2D eigenvalue weighted by molar-refractivity contribution is 6.39. The second-order valence-corrected chi connectivity index (χ2v) is 7.78. The summed E-state index contributed by atoms with van der Waals surface area (Å²) >= 11 is 5.90. The van der Waals surface area contributed by atoms with Crippen molar-refractivity contribution in [2.45, 2.75) is 13.8 Å². The van der Waals surface area contributed by atoms with Crippen LogP contribution in [0.2, 0.25) is 5.02 Å². The monoisotopic (exact) mass is 478 g/mol. The van der Waals surface area contributed by atoms with Crippen LogP contribution in [0, 0.1) is 13.8 Å². The molecule has 8 nitrogen and oxygen atoms in total. The number of rotatable bonds is 7. The average molecular weight is 479 g/mol. The second kappa shape index (κ2) is 11.6. The van der Waals surface area contributed by atoms with Gasteiger partial charge in [0.05, 0.1) is 6.21 Å². The first kappa shape index (κ1) is 24.5. The first-order valence-corrected chi connectivity index (χ1v) is 10.7. The molecule has 0 unspecified atom stereocenters. The highest BCUT2D eigenvalue weighted by Gasteiger charge is 2.15. The molecule has 3 rings (SSSR count). The number of amides is 3. The van der Waals surface area contributed by atoms with Crippen LogP contribution in [0.3, 0.4) is 0 Å². The number of halogens is 1. The fourth-order valence-electron chi connectivity index (χ4n) is 2.99. The van der Waals surface area contributed by atoms with Crippen LogP contribution in [0.25, 0.3) is 0 Å². The predicted molar refractivity (Wildman–Crippen MR) is 132 cm³/mol. The molecule has 0 aliphatic rings. The van der Waals surface area contributed by atoms with Gasteiger partial charge in [-0.25, -0.2) is 5.43 Å². The number of carbonyl (C=O) groups is 3. The third-order valence-electron chi connectivity index (χ3n) is 4.64. The number of nitrogens with one attached hydrogen (secondary N) is 3. The van der Waals surface area contributed by atoms with E-state index in [1.807, 2.05) is 32.0 Å². The van der Waals surface area contributed by atoms with Gasteiger partial charge in [-0.3, -0.25) is 14.4 Å². The fraction of sp³-hybridized carbons (Fsp3) is 0.120. The maximum atomic E-state index is 12.1. The summed E-state index contributed by atoms with van der Waals surface area (Å²) in [6.07, 6.45) is 1.36. The number of carbonyl (C=O) groups excluding carboxylic acids is 3. The number of aryl methyl sites for hydroxylation is 2. The van der Waals surface area contributed by atoms with Gasteiger partial charge in [-0.05, 0) is 60.9 Å². The van der Waals surface area contributed by atoms with Crippen molar-refractivity contribution in [3.63, 3.8) is 0 Å². The molecule has 0 atom stereocenters. The Hall–Kier alpha value is -4.17. The number of hydrogen-bond donors (Lipinski definition) is 3. The molecule has 0 heterocycles. The molecule has 3 aromatic carbocycles. The number of hydrazone groups is 1. The van der Waals surface area contributed by atoms with Crippen molar-refractivity contribution in [1.29, 1.82) is 0 Å². The van der Waals surface area contributed by atoms with E-state index in [4.69, 9.17) is 16.3 Å². The van der Waals surface area contributed by atoms with Crippen LogP contribution in [-0.2, 0) is 14.4 Å². The zero-order chi connectivity index (χ0) is 24.5. The number of benzene rings is 3. The Bertz CT molecular complexity index is 1220. The van der Waals surface area contributed by atoms with E-state index in [0.717, 1.165) is 11.1 Å². The lowest BCUT2D eigenvalue weighted by Gasteiger charge is -2.10. The van der Waals surface area contributed by atoms with E-state index in [2.05, 4.69) is 21.2 Å². The predicted octanol–water partition coefficient (Wildman–Crippen LogP) is 4.06. The molecule has 0 aliphatic heterocycles. The van der Waals surface area contributed by atoms with Crippen LogP contribution >= 0.6 is 11.6 Å². The Kier molecular flexibility index (Phi) is 8.37. The summed E-state index contributed by atoms with van der Waals surface area (Å²) in [6, 6.07) is 19.1. The number of anilines is 2. The van der Waals surface area contributed by atoms with Crippen LogP contribution in [0.5, 0.6) is 5.75 Å². The number of hydrogen-bond acceptors (Lipinski definition) is 5. The molecule has 0 saturated carbocycles. The van der Waals surface area contributed by atoms with Gasteiger partial charge in [0.2, 0.25) is 0 Å². The van der Waals surface area contributed by atoms with Gasteiger partial charge in [-0.15, -0.1) is 0 Å². The minimum Gasteiger partial charge on any atom is -0.484 e. The van der Waals surface area contributed by atoms with Crippen molar-refractivity contribution >= 4 is 46.9 Å². The molecule has 9 heteroatoms. The van der Waals surface area contributed by atoms with E-state index < -0.39 is 11.8 Å². The third kappa shape index (κ3) is 7.18. The molecule has 0 aromatic heterocycles. The Labute approximate surface area is 202 Å². The molecule has 3 aromatic rings. The van der Waals surface area contributed by atoms with Crippen molar-refractivity contribution in [1.82, 2.24) is 5.43 Å². The van der Waals surface area contributed by atoms with E-state index in [9.17, 15) is 14.4 Å². The molecular formula is C25H23ClN4O4. The van der Waals surface area contributed by atoms with Crippen LogP contribution in [-0.4, -0.2) is 30.5 Å². The first-order chi connectivity index (χ1) is 16.3. The Balaban J connectivity index is 1.50. The molecule has 3 amide bonds. The largest absolute Gasteiger partial charge is 0.484 e. The summed E-state index contributed by atoms with van der Waals surface area (Å²) in [5.74, 6) is -1.63. The van der Waals surface area contributed by atoms with Gasteiger partial charge in [-0.1, -0.05) is 48.0 Å². The van der Waals surface area contributed by atoms with Gasteiger partial charge in [-0.2, -0.15) is 5.10 Å². The normalized spacial score (nSPS) is 10.6. The zero-order valence-electron chi connectivity index (χ0n) is 18.6. The molecule has 0 bridgehead atoms. The van der Waals surface area contributed by atoms with E-state index in [1.165, 1.54) is 6.21 Å². The van der Waals surface area contributed by atoms with Gasteiger partial charge in [0.15, 0.2) is 6.61 Å². The molecule has 34 heavy (non-hydrogen) atoms. The third-order valence-corrected chi connectivity index (χ3v) is 4.88. The summed E-state index contributed by atoms with van der Waals surface area (Å²) in [6.45, 7) is 3.48. The lowest BCUT2D eigenvalue weighted by molar-refractivity contribution is -0.136. The van der Waals surface area contributed by atoms with Gasteiger partial charge in [0.25, 0.3) is 5.91 Å². The summed E-state index contributed by atoms with van der Waals surface area (Å²) in [5.41, 5.74) is 5.66. The zero-order valence-corrected chi connectivity index (χ0v) is 19.3. The second-order valence-electron chi connectivity index (χ2n) is 7.34. The average Bonchev–Trinajstić information content (AvgIpc) is 2.80. The van der Waals surface area contributed by atoms with Gasteiger partial charge >= 0.3 is 11.8 Å². The molecule has 0 fully saturated rings. The SMILES string of the molecule is Cc1cccc(C)c1NC(=O)C(=O)N/N=C\c1cccc(OCC(=O)Nc2cccc(Cl)c2)c1. The smallest absolute Gasteiger partial charge is 0.329 e. The van der Waals surface area contributed by atoms with E-state index in [-0.39, 0.29) is 12.5 Å². The molecule has 0 saturated heterocycles. The van der Waals surface area contributed by atoms with Crippen LogP contribution < -0.4 is 20.8 Å². The molecule has 0 radical (unpaired) electrons. The minimum atomic E-state index is -0.899. The summed E-state index contributed by atoms with van der Waals surface area (Å²) in [5, 5.41) is 9.61. The summed E-state index contributed by atoms with van der Waals surface area (Å²) in [7, 11) is 0. The van der Waals surface area contributed by atoms with Gasteiger partial charge < -0.3 is 15.4 Å². The quantitative estimate of drug-likeness (QED) is 0.270. The molecule has 0 aliphatic carbocycles. The maximum absolute atomic E-state index is 12.1. The van der Waals surface area contributed by atoms with Crippen LogP contribution in [0.1, 0.15) is 16.7 Å². The molecule has 0 spiro atoms. The number of nitrogens with zero attached hydrogens (tertiary/aromatic N) is 1. The molecule has 174 valence electrons. The Morgan fingerprint density at radius 2 is 1.62 bits per heavy atom. The van der Waals surface area contributed by atoms with Crippen molar-refractivity contribution in [2.24, 2.45) is 5.10 Å². The summed E-state index contributed by atoms with van der Waals surface area (Å²) in [4.78, 5) is 36.3. The van der Waals surface area contributed by atoms with Crippen molar-refractivity contribution < 1.29 is 19.1 Å². The lowest BCUT2D eigenvalue weighted by atomic mass is 10.1. The van der Waals surface area contributed by atoms with Gasteiger partial charge in [0.1, 0.15) is 5.75 Å². The first-order valence-electron chi connectivity index (χ1n) is 10.3. The Morgan fingerprint density at radius 1 is 0.912 bits per heavy atom. The van der Waals surface area contributed by atoms with E-state index >= 15 is 0 Å². The van der Waals surface area contributed by atoms with Crippen molar-refractivity contribution in [3.8, 4) is 5.75 Å². The van der Waals surface area contributed by atoms with E-state index in [0.29, 0.717) is 27.7 Å². The highest BCUT2D eigenvalue weighted by atomic mass is 35.5. The van der Waals surface area contributed by atoms with Gasteiger partial charge in [0, 0.05) is 16.4 Å². The molecular weight excluding hydrogens is 456 g/mol. The highest BCUT2D eigenvalue weighted by Crippen LogP contribution is 2.19. The van der Waals surface area contributed by atoms with Crippen LogP contribution in [0.4, 0.5) is 11.4 Å². The Morgan fingerprint density at radius 3 is 2.35 bits per heavy atom. The standard InChI is InChI=1S/C25H23ClN4O4/c1-16-6-3-7-17(2)23(16)29-24(32)25(33)30-27-14-18-8-4-11-21(12-18)34-15-22(31)28-20-10-5-9-19(26)13-20/h3-14H,15H2,1-2H3,(H,28,31)(H,29,32)(H,30,33)/b27-14-. The van der Waals surface area contributed by atoms with E-state index in [1.54, 1.807) is 48.5 Å². The fourth-order valence-corrected chi connectivity index (χ4v) is 3.19. The lowest BCUT2D eigenvalue weighted by Crippen LogP contribution is -2.32. The minimum absolute atomic E-state index is 0.206. The number of para-hydroxylation sites is 1. The van der Waals surface area contributed by atoms with Crippen molar-refractivity contribution in [3.05, 3.63) is 88.4 Å². The van der Waals surface area contributed by atoms with Crippen LogP contribution in [0.15, 0.2) is 71.8 Å². The topological polar surface area (TPSA) is 109 Å². The molecule has 3 N–H and O–H groups in total.